The zero-order valence-electron chi connectivity index (χ0n) is 11.6. The Labute approximate surface area is 125 Å². The number of aryl methyl sites for hydroxylation is 2. The fourth-order valence-electron chi connectivity index (χ4n) is 2.42. The first-order valence-electron chi connectivity index (χ1n) is 6.95. The lowest BCUT2D eigenvalue weighted by Crippen LogP contribution is -3.00. The zero-order valence-corrected chi connectivity index (χ0v) is 13.1. The van der Waals surface area contributed by atoms with Crippen LogP contribution in [0.15, 0.2) is 30.6 Å². The molecular formula is C15H23BrN2O. The number of para-hydroxylation sites is 2. The van der Waals surface area contributed by atoms with Crippen molar-refractivity contribution >= 4 is 11.0 Å². The second-order valence-corrected chi connectivity index (χ2v) is 4.72. The highest BCUT2D eigenvalue weighted by molar-refractivity contribution is 5.71. The molecule has 19 heavy (non-hydrogen) atoms. The minimum absolute atomic E-state index is 0. The van der Waals surface area contributed by atoms with E-state index in [2.05, 4.69) is 46.7 Å². The quantitative estimate of drug-likeness (QED) is 0.539. The van der Waals surface area contributed by atoms with Crippen LogP contribution in [0.2, 0.25) is 0 Å². The van der Waals surface area contributed by atoms with E-state index < -0.39 is 0 Å². The molecule has 0 saturated heterocycles. The molecule has 0 amide bonds. The first-order valence-corrected chi connectivity index (χ1v) is 6.95. The molecule has 0 spiro atoms. The van der Waals surface area contributed by atoms with Crippen molar-refractivity contribution in [3.8, 4) is 0 Å². The average Bonchev–Trinajstić information content (AvgIpc) is 2.77. The Morgan fingerprint density at radius 3 is 2.58 bits per heavy atom. The summed E-state index contributed by atoms with van der Waals surface area (Å²) in [4.78, 5) is 0. The normalized spacial score (nSPS) is 10.6. The van der Waals surface area contributed by atoms with Crippen molar-refractivity contribution in [2.24, 2.45) is 0 Å². The zero-order chi connectivity index (χ0) is 12.8. The molecule has 0 bridgehead atoms. The van der Waals surface area contributed by atoms with Gasteiger partial charge >= 0.3 is 0 Å². The summed E-state index contributed by atoms with van der Waals surface area (Å²) in [6.07, 6.45) is 6.66. The van der Waals surface area contributed by atoms with E-state index >= 15 is 0 Å². The number of hydrogen-bond donors (Lipinski definition) is 1. The van der Waals surface area contributed by atoms with Crippen molar-refractivity contribution in [1.82, 2.24) is 4.57 Å². The topological polar surface area (TPSA) is 29.0 Å². The first-order chi connectivity index (χ1) is 8.86. The highest BCUT2D eigenvalue weighted by Crippen LogP contribution is 2.11. The van der Waals surface area contributed by atoms with Gasteiger partial charge in [0.05, 0.1) is 13.1 Å². The van der Waals surface area contributed by atoms with Crippen LogP contribution < -0.4 is 21.5 Å². The van der Waals surface area contributed by atoms with Crippen molar-refractivity contribution in [1.29, 1.82) is 0 Å². The van der Waals surface area contributed by atoms with Gasteiger partial charge in [-0.1, -0.05) is 18.6 Å². The average molecular weight is 327 g/mol. The third-order valence-electron chi connectivity index (χ3n) is 3.43. The van der Waals surface area contributed by atoms with E-state index in [-0.39, 0.29) is 17.0 Å². The number of fused-ring (bicyclic) bond motifs is 1. The Morgan fingerprint density at radius 2 is 1.84 bits per heavy atom. The summed E-state index contributed by atoms with van der Waals surface area (Å²) >= 11 is 0. The molecule has 0 saturated carbocycles. The van der Waals surface area contributed by atoms with Gasteiger partial charge < -0.3 is 22.1 Å². The van der Waals surface area contributed by atoms with Gasteiger partial charge in [-0.15, -0.1) is 0 Å². The van der Waals surface area contributed by atoms with Crippen molar-refractivity contribution in [3.63, 3.8) is 0 Å². The van der Waals surface area contributed by atoms with E-state index in [1.807, 2.05) is 0 Å². The molecule has 1 aromatic carbocycles. The van der Waals surface area contributed by atoms with Crippen molar-refractivity contribution in [2.45, 2.75) is 45.7 Å². The van der Waals surface area contributed by atoms with Crippen LogP contribution in [-0.4, -0.2) is 16.3 Å². The number of halogens is 1. The molecule has 1 aromatic heterocycles. The summed E-state index contributed by atoms with van der Waals surface area (Å²) in [7, 11) is 0. The van der Waals surface area contributed by atoms with Gasteiger partial charge in [0.1, 0.15) is 0 Å². The van der Waals surface area contributed by atoms with E-state index in [4.69, 9.17) is 5.11 Å². The standard InChI is InChI=1S/C15H23N2O.BrH/c1-2-16-13-17(11-7-3-4-8-12-18)15-10-6-5-9-14(15)16;/h5-6,9-10,13,18H,2-4,7-8,11-12H2,1H3;1H/q+1;/p-1. The van der Waals surface area contributed by atoms with Gasteiger partial charge in [0, 0.05) is 6.61 Å². The van der Waals surface area contributed by atoms with Crippen LogP contribution in [0.5, 0.6) is 0 Å². The van der Waals surface area contributed by atoms with Crippen LogP contribution in [0.4, 0.5) is 0 Å². The fourth-order valence-corrected chi connectivity index (χ4v) is 2.42. The molecule has 0 aliphatic rings. The van der Waals surface area contributed by atoms with Gasteiger partial charge in [-0.25, -0.2) is 9.13 Å². The summed E-state index contributed by atoms with van der Waals surface area (Å²) in [6.45, 7) is 4.58. The maximum atomic E-state index is 8.75. The molecule has 4 heteroatoms. The second kappa shape index (κ2) is 8.33. The molecule has 1 heterocycles. The van der Waals surface area contributed by atoms with E-state index in [0.717, 1.165) is 25.9 Å². The van der Waals surface area contributed by atoms with Crippen LogP contribution in [0, 0.1) is 0 Å². The lowest BCUT2D eigenvalue weighted by molar-refractivity contribution is -0.672. The van der Waals surface area contributed by atoms with Gasteiger partial charge in [0.15, 0.2) is 11.0 Å². The van der Waals surface area contributed by atoms with Crippen LogP contribution >= 0.6 is 0 Å². The third-order valence-corrected chi connectivity index (χ3v) is 3.43. The third kappa shape index (κ3) is 4.05. The highest BCUT2D eigenvalue weighted by Gasteiger charge is 2.12. The van der Waals surface area contributed by atoms with Gasteiger partial charge in [-0.3, -0.25) is 0 Å². The number of hydrogen-bond acceptors (Lipinski definition) is 1. The van der Waals surface area contributed by atoms with Crippen LogP contribution in [0.1, 0.15) is 32.6 Å². The van der Waals surface area contributed by atoms with Crippen molar-refractivity contribution < 1.29 is 26.7 Å². The van der Waals surface area contributed by atoms with Crippen LogP contribution in [0.3, 0.4) is 0 Å². The number of nitrogens with zero attached hydrogens (tertiary/aromatic N) is 2. The summed E-state index contributed by atoms with van der Waals surface area (Å²) in [6, 6.07) is 8.57. The lowest BCUT2D eigenvalue weighted by atomic mass is 10.2. The molecule has 0 fully saturated rings. The maximum absolute atomic E-state index is 8.75. The lowest BCUT2D eigenvalue weighted by Gasteiger charge is -1.98. The van der Waals surface area contributed by atoms with Gasteiger partial charge in [0.2, 0.25) is 6.33 Å². The smallest absolute Gasteiger partial charge is 0.244 e. The number of rotatable bonds is 7. The minimum atomic E-state index is 0. The monoisotopic (exact) mass is 326 g/mol. The highest BCUT2D eigenvalue weighted by atomic mass is 79.9. The SMILES string of the molecule is CCn1c[n+](CCCCCCO)c2ccccc21.[Br-]. The predicted molar refractivity (Wildman–Crippen MR) is 73.4 cm³/mol. The van der Waals surface area contributed by atoms with Crippen molar-refractivity contribution in [3.05, 3.63) is 30.6 Å². The van der Waals surface area contributed by atoms with Gasteiger partial charge in [-0.05, 0) is 38.3 Å². The number of unbranched alkanes of at least 4 members (excludes halogenated alkanes) is 3. The first kappa shape index (κ1) is 16.2. The molecule has 0 atom stereocenters. The molecule has 3 nitrogen and oxygen atoms in total. The van der Waals surface area contributed by atoms with Gasteiger partial charge in [0.25, 0.3) is 0 Å². The number of imidazole rings is 1. The van der Waals surface area contributed by atoms with Crippen LogP contribution in [0.25, 0.3) is 11.0 Å². The minimum Gasteiger partial charge on any atom is -1.00 e. The predicted octanol–water partition coefficient (Wildman–Crippen LogP) is -0.495. The molecule has 2 rings (SSSR count). The molecule has 1 N–H and O–H groups in total. The largest absolute Gasteiger partial charge is 1.00 e. The van der Waals surface area contributed by atoms with Crippen molar-refractivity contribution in [2.75, 3.05) is 6.61 Å². The molecular weight excluding hydrogens is 304 g/mol. The number of aliphatic hydroxyl groups excluding tert-OH is 1. The maximum Gasteiger partial charge on any atom is 0.244 e. The number of aliphatic hydroxyl groups is 1. The van der Waals surface area contributed by atoms with E-state index in [1.54, 1.807) is 0 Å². The molecule has 106 valence electrons. The Kier molecular flexibility index (Phi) is 7.10. The molecule has 0 aliphatic carbocycles. The summed E-state index contributed by atoms with van der Waals surface area (Å²) in [5.41, 5.74) is 2.64. The number of benzene rings is 1. The summed E-state index contributed by atoms with van der Waals surface area (Å²) in [5.74, 6) is 0. The summed E-state index contributed by atoms with van der Waals surface area (Å²) < 4.78 is 4.64. The molecule has 0 unspecified atom stereocenters. The number of aromatic nitrogens is 2. The Hall–Kier alpha value is -0.870. The second-order valence-electron chi connectivity index (χ2n) is 4.72. The van der Waals surface area contributed by atoms with Crippen LogP contribution in [-0.2, 0) is 13.1 Å². The Bertz CT molecular complexity index is 496. The van der Waals surface area contributed by atoms with E-state index in [1.165, 1.54) is 23.9 Å². The fraction of sp³-hybridized carbons (Fsp3) is 0.533. The Balaban J connectivity index is 0.00000180. The molecule has 0 radical (unpaired) electrons. The van der Waals surface area contributed by atoms with E-state index in [0.29, 0.717) is 6.61 Å². The van der Waals surface area contributed by atoms with Gasteiger partial charge in [-0.2, -0.15) is 0 Å². The molecule has 0 aliphatic heterocycles. The van der Waals surface area contributed by atoms with E-state index in [9.17, 15) is 0 Å². The Morgan fingerprint density at radius 1 is 1.11 bits per heavy atom. The molecule has 2 aromatic rings. The summed E-state index contributed by atoms with van der Waals surface area (Å²) in [5, 5.41) is 8.75.